The zero-order valence-corrected chi connectivity index (χ0v) is 13.4. The number of aliphatic carboxylic acids is 1. The fourth-order valence-corrected chi connectivity index (χ4v) is 2.57. The van der Waals surface area contributed by atoms with Crippen molar-refractivity contribution < 1.29 is 19.0 Å². The van der Waals surface area contributed by atoms with Crippen LogP contribution in [0.1, 0.15) is 24.0 Å². The molecule has 1 aromatic rings. The monoisotopic (exact) mass is 338 g/mol. The number of allylic oxidation sites excluding steroid dienone is 2. The van der Waals surface area contributed by atoms with Gasteiger partial charge in [0.05, 0.1) is 17.8 Å². The Morgan fingerprint density at radius 1 is 1.48 bits per heavy atom. The number of carbonyl (C=O) groups is 1. The quantitative estimate of drug-likeness (QED) is 0.788. The van der Waals surface area contributed by atoms with Crippen LogP contribution in [0.3, 0.4) is 0 Å². The molecule has 0 radical (unpaired) electrons. The van der Waals surface area contributed by atoms with Crippen molar-refractivity contribution in [3.63, 3.8) is 0 Å². The lowest BCUT2D eigenvalue weighted by molar-refractivity contribution is -0.133. The molecule has 3 N–H and O–H groups in total. The van der Waals surface area contributed by atoms with Crippen LogP contribution >= 0.6 is 11.6 Å². The third kappa shape index (κ3) is 3.37. The van der Waals surface area contributed by atoms with Gasteiger partial charge in [-0.2, -0.15) is 0 Å². The van der Waals surface area contributed by atoms with E-state index in [0.29, 0.717) is 29.7 Å². The molecule has 0 aliphatic carbocycles. The van der Waals surface area contributed by atoms with Crippen molar-refractivity contribution in [1.29, 1.82) is 5.41 Å². The number of nitrogens with one attached hydrogen (secondary N) is 2. The summed E-state index contributed by atoms with van der Waals surface area (Å²) in [5.74, 6) is -1.84. The molecule has 23 heavy (non-hydrogen) atoms. The number of hydrogen-bond donors (Lipinski definition) is 3. The van der Waals surface area contributed by atoms with Gasteiger partial charge >= 0.3 is 5.97 Å². The fraction of sp³-hybridized carbons (Fsp3) is 0.250. The predicted octanol–water partition coefficient (Wildman–Crippen LogP) is 3.47. The number of rotatable bonds is 3. The van der Waals surface area contributed by atoms with E-state index >= 15 is 0 Å². The van der Waals surface area contributed by atoms with E-state index in [2.05, 4.69) is 5.32 Å². The molecule has 1 aliphatic heterocycles. The smallest absolute Gasteiger partial charge is 0.356 e. The highest BCUT2D eigenvalue weighted by atomic mass is 35.5. The number of benzene rings is 1. The van der Waals surface area contributed by atoms with Crippen LogP contribution in [0.4, 0.5) is 4.39 Å². The molecule has 0 amide bonds. The van der Waals surface area contributed by atoms with Crippen LogP contribution in [0.5, 0.6) is 0 Å². The Balaban J connectivity index is 2.55. The first kappa shape index (κ1) is 17.0. The van der Waals surface area contributed by atoms with Gasteiger partial charge in [-0.3, -0.25) is 0 Å². The van der Waals surface area contributed by atoms with Crippen LogP contribution in [0, 0.1) is 18.2 Å². The second-order valence-electron chi connectivity index (χ2n) is 5.01. The van der Waals surface area contributed by atoms with E-state index < -0.39 is 11.8 Å². The van der Waals surface area contributed by atoms with Gasteiger partial charge in [0.25, 0.3) is 0 Å². The Morgan fingerprint density at radius 2 is 2.17 bits per heavy atom. The second-order valence-corrected chi connectivity index (χ2v) is 5.41. The van der Waals surface area contributed by atoms with Crippen molar-refractivity contribution in [2.24, 2.45) is 0 Å². The summed E-state index contributed by atoms with van der Waals surface area (Å²) in [7, 11) is 1.31. The van der Waals surface area contributed by atoms with Crippen molar-refractivity contribution in [3.05, 3.63) is 51.6 Å². The summed E-state index contributed by atoms with van der Waals surface area (Å²) in [4.78, 5) is 11.5. The average molecular weight is 339 g/mol. The van der Waals surface area contributed by atoms with Crippen LogP contribution in [-0.4, -0.2) is 23.9 Å². The number of ether oxygens (including phenoxy) is 1. The van der Waals surface area contributed by atoms with Crippen molar-refractivity contribution in [3.8, 4) is 0 Å². The number of methoxy groups -OCH3 is 1. The van der Waals surface area contributed by atoms with Crippen molar-refractivity contribution in [2.75, 3.05) is 7.11 Å². The molecule has 1 heterocycles. The molecule has 0 saturated heterocycles. The van der Waals surface area contributed by atoms with Gasteiger partial charge in [0.15, 0.2) is 11.5 Å². The summed E-state index contributed by atoms with van der Waals surface area (Å²) >= 11 is 5.76. The zero-order chi connectivity index (χ0) is 17.1. The third-order valence-corrected chi connectivity index (χ3v) is 3.84. The number of carboxylic acids is 1. The highest BCUT2D eigenvalue weighted by Gasteiger charge is 2.23. The summed E-state index contributed by atoms with van der Waals surface area (Å²) in [6, 6.07) is 3.04. The molecule has 1 aliphatic rings. The van der Waals surface area contributed by atoms with Crippen molar-refractivity contribution >= 4 is 29.0 Å². The van der Waals surface area contributed by atoms with Gasteiger partial charge in [-0.25, -0.2) is 9.18 Å². The summed E-state index contributed by atoms with van der Waals surface area (Å²) in [6.07, 6.45) is 2.55. The van der Waals surface area contributed by atoms with E-state index in [1.165, 1.54) is 13.2 Å². The maximum atomic E-state index is 14.0. The third-order valence-electron chi connectivity index (χ3n) is 3.55. The topological polar surface area (TPSA) is 82.4 Å². The lowest BCUT2D eigenvalue weighted by Gasteiger charge is -2.20. The lowest BCUT2D eigenvalue weighted by atomic mass is 10.0. The van der Waals surface area contributed by atoms with Gasteiger partial charge < -0.3 is 20.6 Å². The first-order chi connectivity index (χ1) is 10.9. The molecule has 5 nitrogen and oxygen atoms in total. The molecule has 2 rings (SSSR count). The standard InChI is InChI=1S/C16H16ClFN2O3/c1-8-9(6-7-10(17)13(8)18)12-5-3-4-11(19)15(23-2)14(20-12)16(21)22/h5-7,19-20H,3-4H2,1-2H3,(H,21,22). The van der Waals surface area contributed by atoms with E-state index in [4.69, 9.17) is 21.7 Å². The fourth-order valence-electron chi connectivity index (χ4n) is 2.36. The maximum absolute atomic E-state index is 14.0. The van der Waals surface area contributed by atoms with Gasteiger partial charge in [-0.15, -0.1) is 0 Å². The first-order valence-corrected chi connectivity index (χ1v) is 7.26. The molecule has 1 aromatic carbocycles. The molecule has 0 fully saturated rings. The Labute approximate surface area is 137 Å². The summed E-state index contributed by atoms with van der Waals surface area (Å²) in [6.45, 7) is 1.57. The number of carboxylic acid groups (broad SMARTS) is 1. The highest BCUT2D eigenvalue weighted by molar-refractivity contribution is 6.30. The van der Waals surface area contributed by atoms with Crippen molar-refractivity contribution in [2.45, 2.75) is 19.8 Å². The van der Waals surface area contributed by atoms with Gasteiger partial charge in [0.1, 0.15) is 5.82 Å². The SMILES string of the molecule is COC1=C(C(=O)O)NC(c2ccc(Cl)c(F)c2C)=CCCC1=N. The van der Waals surface area contributed by atoms with E-state index in [0.717, 1.165) is 0 Å². The summed E-state index contributed by atoms with van der Waals surface area (Å²) in [5.41, 5.74) is 1.10. The molecular formula is C16H16ClFN2O3. The maximum Gasteiger partial charge on any atom is 0.356 e. The summed E-state index contributed by atoms with van der Waals surface area (Å²) in [5, 5.41) is 20.0. The van der Waals surface area contributed by atoms with Crippen LogP contribution in [0.2, 0.25) is 5.02 Å². The second kappa shape index (κ2) is 6.83. The predicted molar refractivity (Wildman–Crippen MR) is 85.9 cm³/mol. The zero-order valence-electron chi connectivity index (χ0n) is 12.7. The minimum Gasteiger partial charge on any atom is -0.492 e. The summed E-state index contributed by atoms with van der Waals surface area (Å²) < 4.78 is 19.1. The Kier molecular flexibility index (Phi) is 5.05. The molecule has 0 saturated carbocycles. The Morgan fingerprint density at radius 3 is 2.78 bits per heavy atom. The van der Waals surface area contributed by atoms with E-state index in [1.807, 2.05) is 0 Å². The molecular weight excluding hydrogens is 323 g/mol. The van der Waals surface area contributed by atoms with E-state index in [1.54, 1.807) is 19.1 Å². The molecule has 0 atom stereocenters. The van der Waals surface area contributed by atoms with E-state index in [-0.39, 0.29) is 22.2 Å². The minimum atomic E-state index is -1.26. The molecule has 7 heteroatoms. The van der Waals surface area contributed by atoms with Crippen LogP contribution < -0.4 is 5.32 Å². The average Bonchev–Trinajstić information content (AvgIpc) is 2.49. The Bertz CT molecular complexity index is 741. The highest BCUT2D eigenvalue weighted by Crippen LogP contribution is 2.27. The van der Waals surface area contributed by atoms with Crippen molar-refractivity contribution in [1.82, 2.24) is 5.32 Å². The van der Waals surface area contributed by atoms with Crippen LogP contribution in [0.15, 0.2) is 29.7 Å². The first-order valence-electron chi connectivity index (χ1n) is 6.88. The van der Waals surface area contributed by atoms with Crippen LogP contribution in [-0.2, 0) is 9.53 Å². The number of halogens is 2. The largest absolute Gasteiger partial charge is 0.492 e. The number of hydrogen-bond acceptors (Lipinski definition) is 4. The Hall–Kier alpha value is -2.34. The van der Waals surface area contributed by atoms with Gasteiger partial charge in [-0.05, 0) is 31.4 Å². The van der Waals surface area contributed by atoms with E-state index in [9.17, 15) is 14.3 Å². The van der Waals surface area contributed by atoms with Gasteiger partial charge in [0.2, 0.25) is 0 Å². The van der Waals surface area contributed by atoms with Gasteiger partial charge in [0, 0.05) is 11.3 Å². The minimum absolute atomic E-state index is 0.00560. The lowest BCUT2D eigenvalue weighted by Crippen LogP contribution is -2.26. The molecule has 0 spiro atoms. The molecule has 122 valence electrons. The van der Waals surface area contributed by atoms with Gasteiger partial charge in [-0.1, -0.05) is 23.7 Å². The molecule has 0 aromatic heterocycles. The molecule has 0 bridgehead atoms. The normalized spacial score (nSPS) is 15.5. The molecule has 0 unspecified atom stereocenters. The van der Waals surface area contributed by atoms with Crippen LogP contribution in [0.25, 0.3) is 5.70 Å².